The maximum atomic E-state index is 13.4. The summed E-state index contributed by atoms with van der Waals surface area (Å²) in [5, 5.41) is 11.1. The third kappa shape index (κ3) is 3.09. The van der Waals surface area contributed by atoms with Gasteiger partial charge in [0.2, 0.25) is 0 Å². The zero-order chi connectivity index (χ0) is 15.7. The number of nitrogens with zero attached hydrogens (tertiary/aromatic N) is 1. The first-order valence-electron chi connectivity index (χ1n) is 6.23. The molecule has 0 saturated carbocycles. The van der Waals surface area contributed by atoms with Crippen molar-refractivity contribution >= 4 is 17.7 Å². The second-order valence-electron chi connectivity index (χ2n) is 5.00. The van der Waals surface area contributed by atoms with Crippen LogP contribution in [0.1, 0.15) is 6.92 Å². The topological polar surface area (TPSA) is 69.6 Å². The van der Waals surface area contributed by atoms with Crippen LogP contribution < -0.4 is 5.32 Å². The van der Waals surface area contributed by atoms with Crippen LogP contribution in [0.25, 0.3) is 0 Å². The fourth-order valence-electron chi connectivity index (χ4n) is 2.27. The molecule has 0 aliphatic carbocycles. The van der Waals surface area contributed by atoms with E-state index in [2.05, 4.69) is 5.32 Å². The van der Waals surface area contributed by atoms with Crippen molar-refractivity contribution in [3.63, 3.8) is 0 Å². The number of likely N-dealkylation sites (tertiary alicyclic amines) is 1. The van der Waals surface area contributed by atoms with Crippen LogP contribution in [0.5, 0.6) is 0 Å². The summed E-state index contributed by atoms with van der Waals surface area (Å²) >= 11 is 0. The zero-order valence-corrected chi connectivity index (χ0v) is 11.1. The SMILES string of the molecule is CC1CN(C(=O)Nc2cc(F)c(F)cc2F)CC1C(=O)O. The number of carboxylic acids is 1. The number of hydrogen-bond donors (Lipinski definition) is 2. The van der Waals surface area contributed by atoms with Gasteiger partial charge in [0.05, 0.1) is 11.6 Å². The third-order valence-corrected chi connectivity index (χ3v) is 3.47. The molecule has 0 bridgehead atoms. The molecular weight excluding hydrogens is 289 g/mol. The molecule has 0 aromatic heterocycles. The van der Waals surface area contributed by atoms with Gasteiger partial charge in [0.25, 0.3) is 0 Å². The lowest BCUT2D eigenvalue weighted by atomic mass is 9.99. The first kappa shape index (κ1) is 15.1. The Morgan fingerprint density at radius 2 is 1.81 bits per heavy atom. The minimum absolute atomic E-state index is 0.0202. The Bertz CT molecular complexity index is 594. The molecule has 2 amide bonds. The van der Waals surface area contributed by atoms with Gasteiger partial charge in [-0.15, -0.1) is 0 Å². The second kappa shape index (κ2) is 5.63. The quantitative estimate of drug-likeness (QED) is 0.824. The van der Waals surface area contributed by atoms with Gasteiger partial charge in [0, 0.05) is 25.2 Å². The van der Waals surface area contributed by atoms with Crippen LogP contribution in [0.15, 0.2) is 12.1 Å². The van der Waals surface area contributed by atoms with Gasteiger partial charge in [-0.25, -0.2) is 18.0 Å². The number of aliphatic carboxylic acids is 1. The smallest absolute Gasteiger partial charge is 0.321 e. The molecule has 1 aromatic carbocycles. The van der Waals surface area contributed by atoms with Crippen molar-refractivity contribution in [1.29, 1.82) is 0 Å². The Morgan fingerprint density at radius 3 is 2.38 bits per heavy atom. The summed E-state index contributed by atoms with van der Waals surface area (Å²) in [6.45, 7) is 1.85. The van der Waals surface area contributed by atoms with Gasteiger partial charge < -0.3 is 15.3 Å². The van der Waals surface area contributed by atoms with Crippen LogP contribution >= 0.6 is 0 Å². The van der Waals surface area contributed by atoms with E-state index in [-0.39, 0.29) is 19.0 Å². The van der Waals surface area contributed by atoms with Crippen LogP contribution in [0.3, 0.4) is 0 Å². The largest absolute Gasteiger partial charge is 0.481 e. The van der Waals surface area contributed by atoms with Crippen molar-refractivity contribution in [2.45, 2.75) is 6.92 Å². The van der Waals surface area contributed by atoms with E-state index < -0.39 is 41.1 Å². The summed E-state index contributed by atoms with van der Waals surface area (Å²) in [5.41, 5.74) is -0.495. The molecule has 1 aromatic rings. The molecule has 1 fully saturated rings. The van der Waals surface area contributed by atoms with Crippen molar-refractivity contribution in [1.82, 2.24) is 4.90 Å². The van der Waals surface area contributed by atoms with Gasteiger partial charge in [0.15, 0.2) is 11.6 Å². The molecule has 2 N–H and O–H groups in total. The minimum Gasteiger partial charge on any atom is -0.481 e. The van der Waals surface area contributed by atoms with E-state index in [1.807, 2.05) is 0 Å². The predicted octanol–water partition coefficient (Wildman–Crippen LogP) is 2.29. The van der Waals surface area contributed by atoms with Gasteiger partial charge >= 0.3 is 12.0 Å². The first-order valence-corrected chi connectivity index (χ1v) is 6.23. The molecule has 1 aliphatic rings. The zero-order valence-electron chi connectivity index (χ0n) is 11.1. The molecule has 2 unspecified atom stereocenters. The maximum Gasteiger partial charge on any atom is 0.321 e. The molecule has 114 valence electrons. The number of nitrogens with one attached hydrogen (secondary N) is 1. The predicted molar refractivity (Wildman–Crippen MR) is 67.2 cm³/mol. The number of amides is 2. The number of anilines is 1. The number of carboxylic acid groups (broad SMARTS) is 1. The third-order valence-electron chi connectivity index (χ3n) is 3.47. The Hall–Kier alpha value is -2.25. The van der Waals surface area contributed by atoms with E-state index in [4.69, 9.17) is 5.11 Å². The normalized spacial score (nSPS) is 21.4. The lowest BCUT2D eigenvalue weighted by Crippen LogP contribution is -2.34. The maximum absolute atomic E-state index is 13.4. The summed E-state index contributed by atoms with van der Waals surface area (Å²) in [7, 11) is 0. The van der Waals surface area contributed by atoms with Crippen molar-refractivity contribution in [3.05, 3.63) is 29.6 Å². The number of rotatable bonds is 2. The standard InChI is InChI=1S/C13H13F3N2O3/c1-6-4-18(5-7(6)12(19)20)13(21)17-11-3-9(15)8(14)2-10(11)16/h2-3,6-7H,4-5H2,1H3,(H,17,21)(H,19,20). The fraction of sp³-hybridized carbons (Fsp3) is 0.385. The van der Waals surface area contributed by atoms with E-state index in [0.29, 0.717) is 12.1 Å². The number of carbonyl (C=O) groups excluding carboxylic acids is 1. The summed E-state index contributed by atoms with van der Waals surface area (Å²) in [5.74, 6) is -5.72. The van der Waals surface area contributed by atoms with E-state index in [9.17, 15) is 22.8 Å². The van der Waals surface area contributed by atoms with Gasteiger partial charge in [-0.2, -0.15) is 0 Å². The molecule has 2 atom stereocenters. The second-order valence-corrected chi connectivity index (χ2v) is 5.00. The summed E-state index contributed by atoms with van der Waals surface area (Å²) < 4.78 is 39.2. The van der Waals surface area contributed by atoms with E-state index in [0.717, 1.165) is 0 Å². The molecule has 1 heterocycles. The minimum atomic E-state index is -1.36. The number of hydrogen-bond acceptors (Lipinski definition) is 2. The summed E-state index contributed by atoms with van der Waals surface area (Å²) in [4.78, 5) is 24.1. The number of urea groups is 1. The monoisotopic (exact) mass is 302 g/mol. The van der Waals surface area contributed by atoms with Crippen LogP contribution in [0, 0.1) is 29.3 Å². The molecule has 2 rings (SSSR count). The Labute approximate surface area is 118 Å². The van der Waals surface area contributed by atoms with Crippen molar-refractivity contribution in [2.24, 2.45) is 11.8 Å². The Morgan fingerprint density at radius 1 is 1.19 bits per heavy atom. The highest BCUT2D eigenvalue weighted by molar-refractivity contribution is 5.90. The molecule has 0 spiro atoms. The molecular formula is C13H13F3N2O3. The van der Waals surface area contributed by atoms with Gasteiger partial charge in [0.1, 0.15) is 5.82 Å². The first-order chi connectivity index (χ1) is 9.79. The highest BCUT2D eigenvalue weighted by Gasteiger charge is 2.37. The highest BCUT2D eigenvalue weighted by atomic mass is 19.2. The van der Waals surface area contributed by atoms with Crippen LogP contribution in [0.2, 0.25) is 0 Å². The van der Waals surface area contributed by atoms with E-state index in [1.54, 1.807) is 6.92 Å². The molecule has 5 nitrogen and oxygen atoms in total. The lowest BCUT2D eigenvalue weighted by Gasteiger charge is -2.17. The number of halogens is 3. The van der Waals surface area contributed by atoms with Crippen LogP contribution in [0.4, 0.5) is 23.7 Å². The van der Waals surface area contributed by atoms with Crippen LogP contribution in [-0.4, -0.2) is 35.1 Å². The van der Waals surface area contributed by atoms with Gasteiger partial charge in [-0.3, -0.25) is 4.79 Å². The number of benzene rings is 1. The van der Waals surface area contributed by atoms with Crippen molar-refractivity contribution in [3.8, 4) is 0 Å². The summed E-state index contributed by atoms with van der Waals surface area (Å²) in [6, 6.07) is 0.115. The van der Waals surface area contributed by atoms with Gasteiger partial charge in [-0.1, -0.05) is 6.92 Å². The summed E-state index contributed by atoms with van der Waals surface area (Å²) in [6.07, 6.45) is 0. The molecule has 21 heavy (non-hydrogen) atoms. The number of carbonyl (C=O) groups is 2. The molecule has 1 saturated heterocycles. The van der Waals surface area contributed by atoms with Crippen molar-refractivity contribution < 1.29 is 27.9 Å². The fourth-order valence-corrected chi connectivity index (χ4v) is 2.27. The lowest BCUT2D eigenvalue weighted by molar-refractivity contribution is -0.142. The average Bonchev–Trinajstić information content (AvgIpc) is 2.78. The average molecular weight is 302 g/mol. The van der Waals surface area contributed by atoms with E-state index >= 15 is 0 Å². The molecule has 1 aliphatic heterocycles. The Kier molecular flexibility index (Phi) is 4.06. The van der Waals surface area contributed by atoms with Crippen LogP contribution in [-0.2, 0) is 4.79 Å². The van der Waals surface area contributed by atoms with E-state index in [1.165, 1.54) is 4.90 Å². The van der Waals surface area contributed by atoms with Gasteiger partial charge in [-0.05, 0) is 5.92 Å². The van der Waals surface area contributed by atoms with Crippen molar-refractivity contribution in [2.75, 3.05) is 18.4 Å². The molecule has 8 heteroatoms. The Balaban J connectivity index is 2.09. The molecule has 0 radical (unpaired) electrons. The highest BCUT2D eigenvalue weighted by Crippen LogP contribution is 2.25.